The molecular weight excluding hydrogens is 571 g/mol. The minimum Gasteiger partial charge on any atom is -0.508 e. The normalized spacial score (nSPS) is 17.1. The fraction of sp³-hybridized carbons (Fsp3) is 0.344. The van der Waals surface area contributed by atoms with E-state index in [0.29, 0.717) is 35.7 Å². The van der Waals surface area contributed by atoms with Gasteiger partial charge < -0.3 is 14.9 Å². The van der Waals surface area contributed by atoms with Crippen LogP contribution in [0.25, 0.3) is 16.7 Å². The molecule has 1 fully saturated rings. The molecule has 0 bridgehead atoms. The number of amides is 1. The van der Waals surface area contributed by atoms with Gasteiger partial charge in [-0.2, -0.15) is 4.98 Å². The van der Waals surface area contributed by atoms with Crippen LogP contribution in [0, 0.1) is 12.7 Å². The van der Waals surface area contributed by atoms with Crippen LogP contribution in [0.5, 0.6) is 5.75 Å². The number of nitrogens with zero attached hydrogens (tertiary/aromatic N) is 6. The van der Waals surface area contributed by atoms with Gasteiger partial charge in [-0.05, 0) is 62.6 Å². The lowest BCUT2D eigenvalue weighted by molar-refractivity contribution is -0.130. The maximum Gasteiger partial charge on any atom is 0.355 e. The highest BCUT2D eigenvalue weighted by Crippen LogP contribution is 2.34. The number of aromatic hydroxyl groups is 1. The number of halogens is 2. The van der Waals surface area contributed by atoms with Gasteiger partial charge in [0, 0.05) is 43.4 Å². The van der Waals surface area contributed by atoms with Crippen molar-refractivity contribution >= 4 is 34.4 Å². The number of carbonyl (C=O) groups excluding carboxylic acids is 1. The third-order valence-electron chi connectivity index (χ3n) is 7.88. The number of hydrogen-bond donors (Lipinski definition) is 1. The SMILES string of the molecule is C=CC(=O)N1[C@H](C)CN(c2nc(=O)n(-c3c(C)ccnc3C(C)C)c3nc(Cc4c(O)cccc4F)c(Cl)cc23)C[C@@H]1C. The third kappa shape index (κ3) is 5.47. The van der Waals surface area contributed by atoms with Crippen LogP contribution in [0.1, 0.15) is 56.1 Å². The summed E-state index contributed by atoms with van der Waals surface area (Å²) < 4.78 is 16.2. The second kappa shape index (κ2) is 11.8. The highest BCUT2D eigenvalue weighted by atomic mass is 35.5. The maximum absolute atomic E-state index is 14.7. The number of rotatable bonds is 6. The molecule has 5 rings (SSSR count). The summed E-state index contributed by atoms with van der Waals surface area (Å²) in [7, 11) is 0. The molecule has 1 aromatic carbocycles. The first-order valence-electron chi connectivity index (χ1n) is 14.2. The Labute approximate surface area is 254 Å². The van der Waals surface area contributed by atoms with E-state index in [-0.39, 0.29) is 58.0 Å². The molecule has 0 unspecified atom stereocenters. The molecule has 11 heteroatoms. The van der Waals surface area contributed by atoms with Crippen molar-refractivity contribution in [2.24, 2.45) is 0 Å². The number of hydrogen-bond acceptors (Lipinski definition) is 7. The lowest BCUT2D eigenvalue weighted by atomic mass is 10.0. The molecule has 1 saturated heterocycles. The van der Waals surface area contributed by atoms with Crippen LogP contribution in [0.2, 0.25) is 5.02 Å². The van der Waals surface area contributed by atoms with E-state index in [1.54, 1.807) is 17.2 Å². The summed E-state index contributed by atoms with van der Waals surface area (Å²) in [5.41, 5.74) is 2.14. The quantitative estimate of drug-likeness (QED) is 0.298. The standard InChI is InChI=1S/C32H34ClFN6O3/c1-7-27(42)39-19(5)15-38(16-20(39)6)30-22-13-23(33)25(14-21-24(34)9-8-10-26(21)41)36-31(22)40(32(43)37-30)29-18(4)11-12-35-28(29)17(2)3/h7-13,17,19-20,41H,1,14-16H2,2-6H3/t19-,20+. The molecular formula is C32H34ClFN6O3. The predicted octanol–water partition coefficient (Wildman–Crippen LogP) is 5.31. The molecule has 43 heavy (non-hydrogen) atoms. The minimum absolute atomic E-state index is 0.0177. The zero-order valence-corrected chi connectivity index (χ0v) is 25.6. The largest absolute Gasteiger partial charge is 0.508 e. The van der Waals surface area contributed by atoms with Crippen LogP contribution in [-0.4, -0.2) is 60.6 Å². The van der Waals surface area contributed by atoms with Gasteiger partial charge >= 0.3 is 5.69 Å². The molecule has 0 aliphatic carbocycles. The molecule has 4 heterocycles. The van der Waals surface area contributed by atoms with E-state index in [1.165, 1.54) is 28.8 Å². The monoisotopic (exact) mass is 604 g/mol. The average Bonchev–Trinajstić information content (AvgIpc) is 2.95. The van der Waals surface area contributed by atoms with Gasteiger partial charge in [-0.1, -0.05) is 38.1 Å². The molecule has 9 nitrogen and oxygen atoms in total. The summed E-state index contributed by atoms with van der Waals surface area (Å²) in [5.74, 6) is -0.595. The van der Waals surface area contributed by atoms with Crippen molar-refractivity contribution in [1.29, 1.82) is 0 Å². The molecule has 1 N–H and O–H groups in total. The number of carbonyl (C=O) groups is 1. The summed E-state index contributed by atoms with van der Waals surface area (Å²) in [4.78, 5) is 44.3. The van der Waals surface area contributed by atoms with E-state index in [2.05, 4.69) is 16.5 Å². The van der Waals surface area contributed by atoms with Crippen LogP contribution in [0.4, 0.5) is 10.2 Å². The Morgan fingerprint density at radius 3 is 2.53 bits per heavy atom. The third-order valence-corrected chi connectivity index (χ3v) is 8.21. The first-order valence-corrected chi connectivity index (χ1v) is 14.5. The summed E-state index contributed by atoms with van der Waals surface area (Å²) in [6.45, 7) is 14.2. The Hall–Kier alpha value is -4.31. The van der Waals surface area contributed by atoms with Gasteiger partial charge in [0.25, 0.3) is 0 Å². The van der Waals surface area contributed by atoms with Crippen LogP contribution in [-0.2, 0) is 11.2 Å². The molecule has 1 amide bonds. The van der Waals surface area contributed by atoms with E-state index in [1.807, 2.05) is 45.6 Å². The van der Waals surface area contributed by atoms with E-state index in [0.717, 1.165) is 5.56 Å². The first-order chi connectivity index (χ1) is 20.4. The van der Waals surface area contributed by atoms with Crippen molar-refractivity contribution < 1.29 is 14.3 Å². The molecule has 4 aromatic rings. The van der Waals surface area contributed by atoms with Crippen LogP contribution >= 0.6 is 11.6 Å². The molecule has 0 saturated carbocycles. The number of benzene rings is 1. The zero-order chi connectivity index (χ0) is 31.2. The van der Waals surface area contributed by atoms with E-state index >= 15 is 0 Å². The van der Waals surface area contributed by atoms with Crippen molar-refractivity contribution in [2.45, 2.75) is 59.0 Å². The first kappa shape index (κ1) is 30.2. The van der Waals surface area contributed by atoms with Gasteiger partial charge in [0.1, 0.15) is 17.4 Å². The van der Waals surface area contributed by atoms with Gasteiger partial charge in [-0.3, -0.25) is 9.78 Å². The zero-order valence-electron chi connectivity index (χ0n) is 24.8. The number of pyridine rings is 2. The fourth-order valence-corrected chi connectivity index (χ4v) is 6.14. The maximum atomic E-state index is 14.7. The molecule has 1 aliphatic heterocycles. The molecule has 224 valence electrons. The van der Waals surface area contributed by atoms with E-state index in [9.17, 15) is 19.1 Å². The van der Waals surface area contributed by atoms with Crippen molar-refractivity contribution in [3.05, 3.63) is 93.0 Å². The van der Waals surface area contributed by atoms with Crippen molar-refractivity contribution in [3.8, 4) is 11.4 Å². The van der Waals surface area contributed by atoms with Gasteiger partial charge in [0.2, 0.25) is 5.91 Å². The Balaban J connectivity index is 1.77. The Kier molecular flexibility index (Phi) is 8.25. The number of aryl methyl sites for hydroxylation is 1. The van der Waals surface area contributed by atoms with Crippen LogP contribution in [0.15, 0.2) is 54.0 Å². The van der Waals surface area contributed by atoms with Gasteiger partial charge in [0.05, 0.1) is 27.5 Å². The van der Waals surface area contributed by atoms with Crippen LogP contribution < -0.4 is 10.6 Å². The lowest BCUT2D eigenvalue weighted by Crippen LogP contribution is -2.58. The molecule has 1 aliphatic rings. The van der Waals surface area contributed by atoms with Gasteiger partial charge in [-0.15, -0.1) is 0 Å². The summed E-state index contributed by atoms with van der Waals surface area (Å²) in [5, 5.41) is 11.1. The van der Waals surface area contributed by atoms with E-state index < -0.39 is 11.5 Å². The average molecular weight is 605 g/mol. The number of phenols is 1. The Morgan fingerprint density at radius 2 is 1.91 bits per heavy atom. The number of fused-ring (bicyclic) bond motifs is 1. The summed E-state index contributed by atoms with van der Waals surface area (Å²) in [6, 6.07) is 7.21. The van der Waals surface area contributed by atoms with Crippen LogP contribution in [0.3, 0.4) is 0 Å². The Bertz CT molecular complexity index is 1770. The van der Waals surface area contributed by atoms with Crippen molar-refractivity contribution in [2.75, 3.05) is 18.0 Å². The second-order valence-electron chi connectivity index (χ2n) is 11.3. The molecule has 2 atom stereocenters. The molecule has 0 radical (unpaired) electrons. The minimum atomic E-state index is -0.592. The number of anilines is 1. The number of piperazine rings is 1. The molecule has 0 spiro atoms. The summed E-state index contributed by atoms with van der Waals surface area (Å²) >= 11 is 6.78. The van der Waals surface area contributed by atoms with Crippen molar-refractivity contribution in [3.63, 3.8) is 0 Å². The second-order valence-corrected chi connectivity index (χ2v) is 11.7. The topological polar surface area (TPSA) is 104 Å². The highest BCUT2D eigenvalue weighted by Gasteiger charge is 2.34. The van der Waals surface area contributed by atoms with E-state index in [4.69, 9.17) is 16.6 Å². The smallest absolute Gasteiger partial charge is 0.355 e. The molecule has 3 aromatic heterocycles. The summed E-state index contributed by atoms with van der Waals surface area (Å²) in [6.07, 6.45) is 2.91. The van der Waals surface area contributed by atoms with Crippen molar-refractivity contribution in [1.82, 2.24) is 24.4 Å². The van der Waals surface area contributed by atoms with Gasteiger partial charge in [0.15, 0.2) is 5.65 Å². The lowest BCUT2D eigenvalue weighted by Gasteiger charge is -2.44. The number of phenolic OH excluding ortho intramolecular Hbond substituents is 1. The predicted molar refractivity (Wildman–Crippen MR) is 166 cm³/mol. The highest BCUT2D eigenvalue weighted by molar-refractivity contribution is 6.32. The van der Waals surface area contributed by atoms with Gasteiger partial charge in [-0.25, -0.2) is 18.7 Å². The number of aromatic nitrogens is 4. The Morgan fingerprint density at radius 1 is 1.21 bits per heavy atom. The fourth-order valence-electron chi connectivity index (χ4n) is 5.92.